The highest BCUT2D eigenvalue weighted by Crippen LogP contribution is 2.26. The van der Waals surface area contributed by atoms with Crippen LogP contribution in [0.15, 0.2) is 24.3 Å². The van der Waals surface area contributed by atoms with Gasteiger partial charge >= 0.3 is 0 Å². The molecule has 2 nitrogen and oxygen atoms in total. The Hall–Kier alpha value is -1.02. The van der Waals surface area contributed by atoms with E-state index in [1.807, 2.05) is 6.07 Å². The van der Waals surface area contributed by atoms with Crippen LogP contribution in [0, 0.1) is 5.41 Å². The van der Waals surface area contributed by atoms with Crippen molar-refractivity contribution in [2.24, 2.45) is 5.41 Å². The van der Waals surface area contributed by atoms with E-state index < -0.39 is 0 Å². The van der Waals surface area contributed by atoms with Gasteiger partial charge < -0.3 is 10.1 Å². The molecule has 0 radical (unpaired) electrons. The summed E-state index contributed by atoms with van der Waals surface area (Å²) in [5.74, 6) is 0.961. The van der Waals surface area contributed by atoms with Crippen LogP contribution in [0.1, 0.15) is 54.0 Å². The number of hydrogen-bond donors (Lipinski definition) is 1. The molecule has 0 heterocycles. The maximum absolute atomic E-state index is 6.00. The summed E-state index contributed by atoms with van der Waals surface area (Å²) in [6.07, 6.45) is 0.174. The van der Waals surface area contributed by atoms with Gasteiger partial charge in [0, 0.05) is 13.1 Å². The number of rotatable bonds is 5. The van der Waals surface area contributed by atoms with E-state index in [-0.39, 0.29) is 11.5 Å². The van der Waals surface area contributed by atoms with E-state index in [9.17, 15) is 0 Å². The van der Waals surface area contributed by atoms with Crippen molar-refractivity contribution in [1.29, 1.82) is 0 Å². The molecule has 0 saturated carbocycles. The van der Waals surface area contributed by atoms with Gasteiger partial charge in [-0.3, -0.25) is 0 Å². The maximum atomic E-state index is 6.00. The van der Waals surface area contributed by atoms with Crippen LogP contribution in [-0.4, -0.2) is 19.2 Å². The van der Waals surface area contributed by atoms with Crippen molar-refractivity contribution in [1.82, 2.24) is 5.32 Å². The molecule has 1 N–H and O–H groups in total. The quantitative estimate of drug-likeness (QED) is 0.862. The van der Waals surface area contributed by atoms with Crippen LogP contribution in [0.2, 0.25) is 0 Å². The second-order valence-corrected chi connectivity index (χ2v) is 7.90. The zero-order chi connectivity index (χ0) is 15.4. The van der Waals surface area contributed by atoms with Crippen LogP contribution in [-0.2, 0) is 5.41 Å². The van der Waals surface area contributed by atoms with E-state index in [4.69, 9.17) is 4.74 Å². The Kier molecular flexibility index (Phi) is 5.64. The van der Waals surface area contributed by atoms with Crippen molar-refractivity contribution >= 4 is 0 Å². The molecule has 0 aliphatic heterocycles. The van der Waals surface area contributed by atoms with Gasteiger partial charge in [0.15, 0.2) is 0 Å². The molecular formula is C18H31NO. The lowest BCUT2D eigenvalue weighted by molar-refractivity contribution is 0.210. The van der Waals surface area contributed by atoms with Gasteiger partial charge in [-0.15, -0.1) is 0 Å². The summed E-state index contributed by atoms with van der Waals surface area (Å²) < 4.78 is 6.00. The molecule has 0 amide bonds. The third-order valence-electron chi connectivity index (χ3n) is 3.12. The highest BCUT2D eigenvalue weighted by molar-refractivity contribution is 5.32. The Morgan fingerprint density at radius 1 is 1.10 bits per heavy atom. The van der Waals surface area contributed by atoms with Gasteiger partial charge in [-0.2, -0.15) is 0 Å². The molecule has 114 valence electrons. The van der Waals surface area contributed by atoms with Gasteiger partial charge in [0.2, 0.25) is 0 Å². The fourth-order valence-electron chi connectivity index (χ4n) is 1.96. The molecule has 20 heavy (non-hydrogen) atoms. The number of nitrogens with one attached hydrogen (secondary N) is 1. The van der Waals surface area contributed by atoms with Crippen molar-refractivity contribution in [3.63, 3.8) is 0 Å². The first-order valence-corrected chi connectivity index (χ1v) is 7.56. The fraction of sp³-hybridized carbons (Fsp3) is 0.667. The van der Waals surface area contributed by atoms with E-state index >= 15 is 0 Å². The molecule has 0 saturated heterocycles. The smallest absolute Gasteiger partial charge is 0.120 e. The van der Waals surface area contributed by atoms with Gasteiger partial charge in [-0.05, 0) is 35.4 Å². The SMILES string of the molecule is C[C@H](CNCC(C)(C)C)Oc1cccc(C(C)(C)C)c1. The molecule has 0 unspecified atom stereocenters. The Morgan fingerprint density at radius 2 is 1.75 bits per heavy atom. The van der Waals surface area contributed by atoms with Crippen LogP contribution in [0.4, 0.5) is 0 Å². The van der Waals surface area contributed by atoms with Crippen molar-refractivity contribution in [2.75, 3.05) is 13.1 Å². The van der Waals surface area contributed by atoms with E-state index in [0.717, 1.165) is 18.8 Å². The fourth-order valence-corrected chi connectivity index (χ4v) is 1.96. The molecule has 1 atom stereocenters. The molecule has 2 heteroatoms. The van der Waals surface area contributed by atoms with Gasteiger partial charge in [-0.25, -0.2) is 0 Å². The average Bonchev–Trinajstić information content (AvgIpc) is 2.26. The van der Waals surface area contributed by atoms with Crippen LogP contribution < -0.4 is 10.1 Å². The van der Waals surface area contributed by atoms with E-state index in [0.29, 0.717) is 5.41 Å². The Labute approximate surface area is 124 Å². The first kappa shape index (κ1) is 17.0. The van der Waals surface area contributed by atoms with Crippen LogP contribution in [0.3, 0.4) is 0 Å². The molecular weight excluding hydrogens is 246 g/mol. The zero-order valence-electron chi connectivity index (χ0n) is 14.2. The Balaban J connectivity index is 2.52. The zero-order valence-corrected chi connectivity index (χ0v) is 14.2. The first-order chi connectivity index (χ1) is 9.08. The normalized spacial score (nSPS) is 14.2. The molecule has 1 rings (SSSR count). The first-order valence-electron chi connectivity index (χ1n) is 7.56. The third kappa shape index (κ3) is 6.42. The van der Waals surface area contributed by atoms with Crippen molar-refractivity contribution in [2.45, 2.75) is 60.0 Å². The highest BCUT2D eigenvalue weighted by atomic mass is 16.5. The summed E-state index contributed by atoms with van der Waals surface area (Å²) in [5, 5.41) is 3.47. The molecule has 0 aliphatic rings. The Morgan fingerprint density at radius 3 is 2.30 bits per heavy atom. The minimum Gasteiger partial charge on any atom is -0.489 e. The van der Waals surface area contributed by atoms with E-state index in [2.05, 4.69) is 72.0 Å². The number of hydrogen-bond acceptors (Lipinski definition) is 2. The lowest BCUT2D eigenvalue weighted by Gasteiger charge is -2.23. The average molecular weight is 277 g/mol. The Bertz CT molecular complexity index is 412. The van der Waals surface area contributed by atoms with Gasteiger partial charge in [0.25, 0.3) is 0 Å². The molecule has 0 aliphatic carbocycles. The summed E-state index contributed by atoms with van der Waals surface area (Å²) in [4.78, 5) is 0. The number of ether oxygens (including phenoxy) is 1. The monoisotopic (exact) mass is 277 g/mol. The van der Waals surface area contributed by atoms with Crippen LogP contribution in [0.25, 0.3) is 0 Å². The van der Waals surface area contributed by atoms with Crippen molar-refractivity contribution in [3.8, 4) is 5.75 Å². The van der Waals surface area contributed by atoms with E-state index in [1.54, 1.807) is 0 Å². The van der Waals surface area contributed by atoms with Crippen LogP contribution >= 0.6 is 0 Å². The molecule has 1 aromatic rings. The predicted molar refractivity (Wildman–Crippen MR) is 87.6 cm³/mol. The highest BCUT2D eigenvalue weighted by Gasteiger charge is 2.15. The summed E-state index contributed by atoms with van der Waals surface area (Å²) in [5.41, 5.74) is 1.78. The maximum Gasteiger partial charge on any atom is 0.120 e. The van der Waals surface area contributed by atoms with Crippen LogP contribution in [0.5, 0.6) is 5.75 Å². The molecule has 0 fully saturated rings. The predicted octanol–water partition coefficient (Wildman–Crippen LogP) is 4.39. The lowest BCUT2D eigenvalue weighted by atomic mass is 9.87. The second-order valence-electron chi connectivity index (χ2n) is 7.90. The molecule has 0 bridgehead atoms. The van der Waals surface area contributed by atoms with Gasteiger partial charge in [0.1, 0.15) is 11.9 Å². The van der Waals surface area contributed by atoms with Crippen molar-refractivity contribution in [3.05, 3.63) is 29.8 Å². The second kappa shape index (κ2) is 6.62. The van der Waals surface area contributed by atoms with E-state index in [1.165, 1.54) is 5.56 Å². The summed E-state index contributed by atoms with van der Waals surface area (Å²) in [6, 6.07) is 8.43. The minimum absolute atomic E-state index is 0.160. The summed E-state index contributed by atoms with van der Waals surface area (Å²) in [6.45, 7) is 17.4. The molecule has 1 aromatic carbocycles. The minimum atomic E-state index is 0.160. The summed E-state index contributed by atoms with van der Waals surface area (Å²) in [7, 11) is 0. The lowest BCUT2D eigenvalue weighted by Crippen LogP contribution is -2.34. The summed E-state index contributed by atoms with van der Waals surface area (Å²) >= 11 is 0. The third-order valence-corrected chi connectivity index (χ3v) is 3.12. The topological polar surface area (TPSA) is 21.3 Å². The standard InChI is InChI=1S/C18H31NO/c1-14(12-19-13-17(2,3)4)20-16-10-8-9-15(11-16)18(5,6)7/h8-11,14,19H,12-13H2,1-7H3/t14-/m1/s1. The van der Waals surface area contributed by atoms with Gasteiger partial charge in [-0.1, -0.05) is 53.7 Å². The van der Waals surface area contributed by atoms with Gasteiger partial charge in [0.05, 0.1) is 0 Å². The largest absolute Gasteiger partial charge is 0.489 e. The molecule has 0 aromatic heterocycles. The molecule has 0 spiro atoms. The van der Waals surface area contributed by atoms with Crippen molar-refractivity contribution < 1.29 is 4.74 Å². The number of benzene rings is 1.